The number of carbonyl (C=O) groups excluding carboxylic acids is 3. The van der Waals surface area contributed by atoms with Crippen LogP contribution in [-0.4, -0.2) is 56.2 Å². The molecule has 0 saturated heterocycles. The van der Waals surface area contributed by atoms with E-state index >= 15 is 0 Å². The summed E-state index contributed by atoms with van der Waals surface area (Å²) < 4.78 is 0. The number of anilines is 1. The number of ketones is 1. The summed E-state index contributed by atoms with van der Waals surface area (Å²) in [5.74, 6) is -0.561. The molecule has 6 nitrogen and oxygen atoms in total. The average Bonchev–Trinajstić information content (AvgIpc) is 2.44. The molecule has 0 bridgehead atoms. The van der Waals surface area contributed by atoms with Crippen LogP contribution in [-0.2, 0) is 9.59 Å². The zero-order valence-corrected chi connectivity index (χ0v) is 13.5. The van der Waals surface area contributed by atoms with Crippen LogP contribution in [0.5, 0.6) is 0 Å². The van der Waals surface area contributed by atoms with Crippen LogP contribution in [0.25, 0.3) is 0 Å². The van der Waals surface area contributed by atoms with Crippen molar-refractivity contribution in [3.05, 3.63) is 29.8 Å². The molecular weight excluding hydrogens is 282 g/mol. The Labute approximate surface area is 131 Å². The number of amides is 2. The molecule has 0 saturated carbocycles. The van der Waals surface area contributed by atoms with Crippen molar-refractivity contribution in [3.8, 4) is 0 Å². The topological polar surface area (TPSA) is 69.7 Å². The molecular formula is C16H23N3O3. The maximum Gasteiger partial charge on any atom is 0.240 e. The molecule has 0 atom stereocenters. The van der Waals surface area contributed by atoms with Crippen LogP contribution in [0.3, 0.4) is 0 Å². The minimum absolute atomic E-state index is 0.0654. The fourth-order valence-electron chi connectivity index (χ4n) is 1.90. The van der Waals surface area contributed by atoms with Crippen LogP contribution in [0.4, 0.5) is 5.69 Å². The summed E-state index contributed by atoms with van der Waals surface area (Å²) in [5, 5.41) is 2.77. The lowest BCUT2D eigenvalue weighted by atomic mass is 10.1. The van der Waals surface area contributed by atoms with Gasteiger partial charge in [0.15, 0.2) is 5.78 Å². The lowest BCUT2D eigenvalue weighted by molar-refractivity contribution is -0.123. The minimum Gasteiger partial charge on any atom is -0.353 e. The molecule has 2 amide bonds. The highest BCUT2D eigenvalue weighted by Crippen LogP contribution is 2.16. The Kier molecular flexibility index (Phi) is 6.72. The Bertz CT molecular complexity index is 555. The van der Waals surface area contributed by atoms with E-state index in [-0.39, 0.29) is 24.1 Å². The SMILES string of the molecule is CC(=O)c1cccc(N(CC(=O)NCCN(C)C)C(C)=O)c1. The highest BCUT2D eigenvalue weighted by Gasteiger charge is 2.16. The Morgan fingerprint density at radius 1 is 1.14 bits per heavy atom. The number of Topliss-reactive ketones (excluding diaryl/α,β-unsaturated/α-hetero) is 1. The average molecular weight is 305 g/mol. The second-order valence-electron chi connectivity index (χ2n) is 5.36. The van der Waals surface area contributed by atoms with Gasteiger partial charge in [-0.05, 0) is 33.2 Å². The number of nitrogens with zero attached hydrogens (tertiary/aromatic N) is 2. The molecule has 0 spiro atoms. The van der Waals surface area contributed by atoms with E-state index in [1.807, 2.05) is 19.0 Å². The van der Waals surface area contributed by atoms with Gasteiger partial charge in [-0.15, -0.1) is 0 Å². The molecule has 0 radical (unpaired) electrons. The van der Waals surface area contributed by atoms with Gasteiger partial charge in [-0.3, -0.25) is 14.4 Å². The molecule has 0 heterocycles. The minimum atomic E-state index is -0.247. The van der Waals surface area contributed by atoms with Gasteiger partial charge in [0.2, 0.25) is 11.8 Å². The van der Waals surface area contributed by atoms with Gasteiger partial charge in [-0.1, -0.05) is 12.1 Å². The number of hydrogen-bond acceptors (Lipinski definition) is 4. The molecule has 0 fully saturated rings. The summed E-state index contributed by atoms with van der Waals surface area (Å²) in [6.07, 6.45) is 0. The van der Waals surface area contributed by atoms with E-state index in [1.54, 1.807) is 24.3 Å². The van der Waals surface area contributed by atoms with Crippen molar-refractivity contribution < 1.29 is 14.4 Å². The first kappa shape index (κ1) is 17.8. The normalized spacial score (nSPS) is 10.4. The van der Waals surface area contributed by atoms with Crippen LogP contribution in [0, 0.1) is 0 Å². The van der Waals surface area contributed by atoms with E-state index in [2.05, 4.69) is 5.32 Å². The third-order valence-corrected chi connectivity index (χ3v) is 3.13. The first-order valence-corrected chi connectivity index (χ1v) is 7.11. The monoisotopic (exact) mass is 305 g/mol. The van der Waals surface area contributed by atoms with E-state index in [4.69, 9.17) is 0 Å². The molecule has 1 aromatic carbocycles. The number of nitrogens with one attached hydrogen (secondary N) is 1. The Morgan fingerprint density at radius 3 is 2.36 bits per heavy atom. The molecule has 0 aliphatic carbocycles. The van der Waals surface area contributed by atoms with Crippen LogP contribution in [0.1, 0.15) is 24.2 Å². The predicted octanol–water partition coefficient (Wildman–Crippen LogP) is 0.920. The summed E-state index contributed by atoms with van der Waals surface area (Å²) in [5.41, 5.74) is 1.06. The molecule has 0 aromatic heterocycles. The van der Waals surface area contributed by atoms with Crippen molar-refractivity contribution in [1.29, 1.82) is 0 Å². The van der Waals surface area contributed by atoms with E-state index in [0.717, 1.165) is 6.54 Å². The Morgan fingerprint density at radius 2 is 1.82 bits per heavy atom. The first-order valence-electron chi connectivity index (χ1n) is 7.11. The van der Waals surface area contributed by atoms with Crippen LogP contribution in [0.15, 0.2) is 24.3 Å². The molecule has 22 heavy (non-hydrogen) atoms. The number of benzene rings is 1. The van der Waals surface area contributed by atoms with Gasteiger partial charge in [-0.2, -0.15) is 0 Å². The zero-order valence-electron chi connectivity index (χ0n) is 13.5. The van der Waals surface area contributed by atoms with Gasteiger partial charge in [0.1, 0.15) is 6.54 Å². The van der Waals surface area contributed by atoms with Crippen molar-refractivity contribution in [1.82, 2.24) is 10.2 Å². The Hall–Kier alpha value is -2.21. The molecule has 0 unspecified atom stereocenters. The van der Waals surface area contributed by atoms with Crippen LogP contribution in [0.2, 0.25) is 0 Å². The van der Waals surface area contributed by atoms with Crippen LogP contribution >= 0.6 is 0 Å². The Balaban J connectivity index is 2.77. The standard InChI is InChI=1S/C16H23N3O3/c1-12(20)14-6-5-7-15(10-14)19(13(2)21)11-16(22)17-8-9-18(3)4/h5-7,10H,8-9,11H2,1-4H3,(H,17,22). The van der Waals surface area contributed by atoms with Gasteiger partial charge in [0, 0.05) is 31.3 Å². The summed E-state index contributed by atoms with van der Waals surface area (Å²) in [6.45, 7) is 4.04. The van der Waals surface area contributed by atoms with Crippen LogP contribution < -0.4 is 10.2 Å². The first-order chi connectivity index (χ1) is 10.3. The van der Waals surface area contributed by atoms with E-state index in [0.29, 0.717) is 17.8 Å². The van der Waals surface area contributed by atoms with Crippen molar-refractivity contribution >= 4 is 23.3 Å². The van der Waals surface area contributed by atoms with Gasteiger partial charge in [-0.25, -0.2) is 0 Å². The highest BCUT2D eigenvalue weighted by molar-refractivity contribution is 6.00. The van der Waals surface area contributed by atoms with Gasteiger partial charge in [0.05, 0.1) is 0 Å². The fraction of sp³-hybridized carbons (Fsp3) is 0.438. The molecule has 1 N–H and O–H groups in total. The summed E-state index contributed by atoms with van der Waals surface area (Å²) >= 11 is 0. The molecule has 120 valence electrons. The highest BCUT2D eigenvalue weighted by atomic mass is 16.2. The molecule has 1 rings (SSSR count). The number of rotatable bonds is 7. The third-order valence-electron chi connectivity index (χ3n) is 3.13. The summed E-state index contributed by atoms with van der Waals surface area (Å²) in [6, 6.07) is 6.71. The largest absolute Gasteiger partial charge is 0.353 e. The van der Waals surface area contributed by atoms with Crippen molar-refractivity contribution in [2.24, 2.45) is 0 Å². The summed E-state index contributed by atoms with van der Waals surface area (Å²) in [4.78, 5) is 38.5. The quantitative estimate of drug-likeness (QED) is 0.761. The number of likely N-dealkylation sites (N-methyl/N-ethyl adjacent to an activating group) is 1. The van der Waals surface area contributed by atoms with Gasteiger partial charge in [0.25, 0.3) is 0 Å². The fourth-order valence-corrected chi connectivity index (χ4v) is 1.90. The maximum atomic E-state index is 11.9. The van der Waals surface area contributed by atoms with Gasteiger partial charge >= 0.3 is 0 Å². The van der Waals surface area contributed by atoms with E-state index in [1.165, 1.54) is 18.7 Å². The zero-order chi connectivity index (χ0) is 16.7. The predicted molar refractivity (Wildman–Crippen MR) is 86.0 cm³/mol. The number of hydrogen-bond donors (Lipinski definition) is 1. The van der Waals surface area contributed by atoms with Gasteiger partial charge < -0.3 is 15.1 Å². The molecule has 6 heteroatoms. The van der Waals surface area contributed by atoms with E-state index < -0.39 is 0 Å². The summed E-state index contributed by atoms with van der Waals surface area (Å²) in [7, 11) is 3.84. The smallest absolute Gasteiger partial charge is 0.240 e. The van der Waals surface area contributed by atoms with E-state index in [9.17, 15) is 14.4 Å². The molecule has 0 aliphatic rings. The maximum absolute atomic E-state index is 11.9. The molecule has 1 aromatic rings. The second kappa shape index (κ2) is 8.29. The van der Waals surface area contributed by atoms with Crippen molar-refractivity contribution in [2.75, 3.05) is 38.6 Å². The second-order valence-corrected chi connectivity index (χ2v) is 5.36. The third kappa shape index (κ3) is 5.65. The van der Waals surface area contributed by atoms with Crippen molar-refractivity contribution in [2.45, 2.75) is 13.8 Å². The number of carbonyl (C=O) groups is 3. The van der Waals surface area contributed by atoms with Crippen molar-refractivity contribution in [3.63, 3.8) is 0 Å². The lowest BCUT2D eigenvalue weighted by Crippen LogP contribution is -2.41. The molecule has 0 aliphatic heterocycles. The lowest BCUT2D eigenvalue weighted by Gasteiger charge is -2.21.